The molecule has 0 aliphatic carbocycles. The van der Waals surface area contributed by atoms with Gasteiger partial charge >= 0.3 is 6.09 Å². The number of unbranched alkanes of at least 4 members (excludes halogenated alkanes) is 1. The first-order valence-electron chi connectivity index (χ1n) is 13.6. The third-order valence-corrected chi connectivity index (χ3v) is 7.44. The standard InChI is InChI=1S/C29H39N5O4/c1-5-6-12-23-32-24-25(34(23)17-29(4)18-37-28(2,3)38-19-29)21-13-14-33(15-22(21)31-26(24)30)27(35)36-16-20-10-8-7-9-11-20/h7-11H,5-6,12-19H2,1-4H3,(H2,30,31). The van der Waals surface area contributed by atoms with Crippen molar-refractivity contribution in [3.05, 3.63) is 53.0 Å². The number of benzene rings is 1. The summed E-state index contributed by atoms with van der Waals surface area (Å²) in [6.07, 6.45) is 3.29. The highest BCUT2D eigenvalue weighted by atomic mass is 16.7. The Bertz CT molecular complexity index is 1290. The monoisotopic (exact) mass is 521 g/mol. The Hall–Kier alpha value is -3.17. The molecule has 1 aromatic carbocycles. The Morgan fingerprint density at radius 1 is 1.13 bits per heavy atom. The molecule has 3 aromatic rings. The van der Waals surface area contributed by atoms with Crippen molar-refractivity contribution >= 4 is 22.9 Å². The Balaban J connectivity index is 1.43. The molecule has 1 fully saturated rings. The second-order valence-electron chi connectivity index (χ2n) is 11.3. The summed E-state index contributed by atoms with van der Waals surface area (Å²) in [5.41, 5.74) is 10.9. The van der Waals surface area contributed by atoms with E-state index in [1.807, 2.05) is 44.2 Å². The van der Waals surface area contributed by atoms with E-state index in [1.165, 1.54) is 0 Å². The molecule has 4 heterocycles. The number of carbonyl (C=O) groups is 1. The number of imidazole rings is 1. The van der Waals surface area contributed by atoms with Crippen molar-refractivity contribution in [2.75, 3.05) is 25.5 Å². The molecule has 5 rings (SSSR count). The molecule has 2 aliphatic rings. The SMILES string of the molecule is CCCCc1nc2c(N)nc3c(c2n1CC1(C)COC(C)(C)OC1)CCN(C(=O)OCc1ccccc1)C3. The molecule has 0 unspecified atom stereocenters. The number of aromatic nitrogens is 3. The number of rotatable bonds is 7. The van der Waals surface area contributed by atoms with Crippen LogP contribution in [0.25, 0.3) is 11.0 Å². The van der Waals surface area contributed by atoms with E-state index in [-0.39, 0.29) is 18.1 Å². The predicted octanol–water partition coefficient (Wildman–Crippen LogP) is 4.84. The van der Waals surface area contributed by atoms with E-state index in [2.05, 4.69) is 18.4 Å². The number of carbonyl (C=O) groups excluding carboxylic acids is 1. The van der Waals surface area contributed by atoms with Gasteiger partial charge in [0.1, 0.15) is 17.9 Å². The maximum atomic E-state index is 12.9. The smallest absolute Gasteiger partial charge is 0.410 e. The number of pyridine rings is 1. The molecule has 2 N–H and O–H groups in total. The van der Waals surface area contributed by atoms with Crippen molar-refractivity contribution in [2.24, 2.45) is 5.41 Å². The van der Waals surface area contributed by atoms with Crippen molar-refractivity contribution in [3.63, 3.8) is 0 Å². The topological polar surface area (TPSA) is 105 Å². The van der Waals surface area contributed by atoms with Gasteiger partial charge in [0.25, 0.3) is 0 Å². The maximum absolute atomic E-state index is 12.9. The molecule has 2 aromatic heterocycles. The zero-order valence-corrected chi connectivity index (χ0v) is 23.0. The van der Waals surface area contributed by atoms with Gasteiger partial charge in [-0.25, -0.2) is 14.8 Å². The van der Waals surface area contributed by atoms with Crippen molar-refractivity contribution in [1.82, 2.24) is 19.4 Å². The fourth-order valence-electron chi connectivity index (χ4n) is 5.20. The Morgan fingerprint density at radius 2 is 1.87 bits per heavy atom. The van der Waals surface area contributed by atoms with Crippen LogP contribution < -0.4 is 5.73 Å². The van der Waals surface area contributed by atoms with Crippen LogP contribution in [0.3, 0.4) is 0 Å². The zero-order chi connectivity index (χ0) is 26.9. The molecule has 9 heteroatoms. The summed E-state index contributed by atoms with van der Waals surface area (Å²) in [6, 6.07) is 9.70. The van der Waals surface area contributed by atoms with Crippen LogP contribution in [0.1, 0.15) is 63.2 Å². The van der Waals surface area contributed by atoms with E-state index in [4.69, 9.17) is 29.9 Å². The highest BCUT2D eigenvalue weighted by Crippen LogP contribution is 2.36. The average molecular weight is 522 g/mol. The summed E-state index contributed by atoms with van der Waals surface area (Å²) in [5.74, 6) is 0.838. The van der Waals surface area contributed by atoms with Crippen LogP contribution in [0, 0.1) is 5.41 Å². The highest BCUT2D eigenvalue weighted by molar-refractivity contribution is 5.89. The Labute approximate surface area is 224 Å². The maximum Gasteiger partial charge on any atom is 0.410 e. The van der Waals surface area contributed by atoms with Gasteiger partial charge < -0.3 is 29.4 Å². The first kappa shape index (κ1) is 26.4. The quantitative estimate of drug-likeness (QED) is 0.474. The lowest BCUT2D eigenvalue weighted by Crippen LogP contribution is -2.47. The van der Waals surface area contributed by atoms with E-state index in [0.29, 0.717) is 45.1 Å². The van der Waals surface area contributed by atoms with Gasteiger partial charge in [0.05, 0.1) is 31.0 Å². The molecule has 0 radical (unpaired) electrons. The minimum Gasteiger partial charge on any atom is -0.445 e. The molecule has 0 bridgehead atoms. The average Bonchev–Trinajstić information content (AvgIpc) is 3.27. The number of fused-ring (bicyclic) bond motifs is 3. The van der Waals surface area contributed by atoms with E-state index in [9.17, 15) is 4.79 Å². The van der Waals surface area contributed by atoms with E-state index in [1.54, 1.807) is 4.90 Å². The lowest BCUT2D eigenvalue weighted by molar-refractivity contribution is -0.284. The molecule has 38 heavy (non-hydrogen) atoms. The predicted molar refractivity (Wildman–Crippen MR) is 145 cm³/mol. The van der Waals surface area contributed by atoms with Gasteiger partial charge in [-0.3, -0.25) is 0 Å². The van der Waals surface area contributed by atoms with Gasteiger partial charge in [-0.05, 0) is 32.3 Å². The fraction of sp³-hybridized carbons (Fsp3) is 0.552. The first-order chi connectivity index (χ1) is 18.2. The molecular weight excluding hydrogens is 482 g/mol. The van der Waals surface area contributed by atoms with Crippen LogP contribution in [0.2, 0.25) is 0 Å². The fourth-order valence-corrected chi connectivity index (χ4v) is 5.20. The number of hydrogen-bond acceptors (Lipinski definition) is 7. The van der Waals surface area contributed by atoms with Crippen LogP contribution in [-0.4, -0.2) is 51.1 Å². The molecule has 0 spiro atoms. The second kappa shape index (κ2) is 10.5. The van der Waals surface area contributed by atoms with Gasteiger partial charge in [-0.2, -0.15) is 0 Å². The molecular formula is C29H39N5O4. The van der Waals surface area contributed by atoms with Crippen molar-refractivity contribution in [1.29, 1.82) is 0 Å². The number of amides is 1. The van der Waals surface area contributed by atoms with Crippen molar-refractivity contribution < 1.29 is 19.0 Å². The minimum atomic E-state index is -0.576. The van der Waals surface area contributed by atoms with Gasteiger partial charge in [-0.1, -0.05) is 50.6 Å². The highest BCUT2D eigenvalue weighted by Gasteiger charge is 2.38. The number of anilines is 1. The van der Waals surface area contributed by atoms with Crippen molar-refractivity contribution in [3.8, 4) is 0 Å². The number of nitrogens with two attached hydrogens (primary N) is 1. The van der Waals surface area contributed by atoms with Gasteiger partial charge in [0, 0.05) is 30.5 Å². The third kappa shape index (κ3) is 5.49. The second-order valence-corrected chi connectivity index (χ2v) is 11.3. The van der Waals surface area contributed by atoms with Gasteiger partial charge in [-0.15, -0.1) is 0 Å². The third-order valence-electron chi connectivity index (χ3n) is 7.44. The summed E-state index contributed by atoms with van der Waals surface area (Å²) in [4.78, 5) is 24.3. The van der Waals surface area contributed by atoms with E-state index < -0.39 is 5.79 Å². The molecule has 1 amide bonds. The molecule has 2 aliphatic heterocycles. The minimum absolute atomic E-state index is 0.211. The number of hydrogen-bond donors (Lipinski definition) is 1. The lowest BCUT2D eigenvalue weighted by atomic mass is 9.91. The summed E-state index contributed by atoms with van der Waals surface area (Å²) in [5, 5.41) is 0. The number of nitrogen functional groups attached to an aromatic ring is 1. The summed E-state index contributed by atoms with van der Waals surface area (Å²) in [7, 11) is 0. The zero-order valence-electron chi connectivity index (χ0n) is 23.0. The largest absolute Gasteiger partial charge is 0.445 e. The molecule has 1 saturated heterocycles. The van der Waals surface area contributed by atoms with Crippen LogP contribution in [0.4, 0.5) is 10.6 Å². The Morgan fingerprint density at radius 3 is 2.58 bits per heavy atom. The van der Waals surface area contributed by atoms with Gasteiger partial charge in [0.2, 0.25) is 0 Å². The molecule has 0 atom stereocenters. The Kier molecular flexibility index (Phi) is 7.33. The van der Waals surface area contributed by atoms with Crippen molar-refractivity contribution in [2.45, 2.75) is 78.9 Å². The molecule has 9 nitrogen and oxygen atoms in total. The molecule has 204 valence electrons. The molecule has 0 saturated carbocycles. The summed E-state index contributed by atoms with van der Waals surface area (Å²) in [6.45, 7) is 11.3. The van der Waals surface area contributed by atoms with E-state index in [0.717, 1.165) is 52.9 Å². The van der Waals surface area contributed by atoms with Crippen LogP contribution in [0.5, 0.6) is 0 Å². The lowest BCUT2D eigenvalue weighted by Gasteiger charge is -2.42. The number of aryl methyl sites for hydroxylation is 1. The first-order valence-corrected chi connectivity index (χ1v) is 13.6. The van der Waals surface area contributed by atoms with Crippen LogP contribution in [-0.2, 0) is 46.7 Å². The number of ether oxygens (including phenoxy) is 3. The van der Waals surface area contributed by atoms with Crippen LogP contribution in [0.15, 0.2) is 30.3 Å². The van der Waals surface area contributed by atoms with Crippen LogP contribution >= 0.6 is 0 Å². The normalized spacial score (nSPS) is 18.4. The van der Waals surface area contributed by atoms with Gasteiger partial charge in [0.15, 0.2) is 11.6 Å². The van der Waals surface area contributed by atoms with E-state index >= 15 is 0 Å². The summed E-state index contributed by atoms with van der Waals surface area (Å²) < 4.78 is 20.0. The number of nitrogens with zero attached hydrogens (tertiary/aromatic N) is 4. The summed E-state index contributed by atoms with van der Waals surface area (Å²) >= 11 is 0.